The quantitative estimate of drug-likeness (QED) is 0.660. The van der Waals surface area contributed by atoms with Crippen molar-refractivity contribution in [2.75, 3.05) is 0 Å². The Balaban J connectivity index is 3.19. The van der Waals surface area contributed by atoms with Crippen LogP contribution in [0.25, 0.3) is 0 Å². The van der Waals surface area contributed by atoms with Crippen molar-refractivity contribution in [3.8, 4) is 6.07 Å². The van der Waals surface area contributed by atoms with Gasteiger partial charge in [0.2, 0.25) is 0 Å². The molecule has 1 rings (SSSR count). The minimum Gasteiger partial charge on any atom is -0.281 e. The van der Waals surface area contributed by atoms with Crippen LogP contribution >= 0.6 is 0 Å². The van der Waals surface area contributed by atoms with Gasteiger partial charge in [-0.25, -0.2) is 0 Å². The highest BCUT2D eigenvalue weighted by molar-refractivity contribution is 5.38. The molecule has 11 heavy (non-hydrogen) atoms. The first-order chi connectivity index (χ1) is 5.16. The second-order valence-electron chi connectivity index (χ2n) is 2.88. The van der Waals surface area contributed by atoms with E-state index in [0.29, 0.717) is 11.5 Å². The molecule has 0 saturated carbocycles. The summed E-state index contributed by atoms with van der Waals surface area (Å²) < 4.78 is 0. The Labute approximate surface area is 66.0 Å². The van der Waals surface area contributed by atoms with Crippen molar-refractivity contribution in [3.63, 3.8) is 0 Å². The van der Waals surface area contributed by atoms with E-state index in [2.05, 4.69) is 16.3 Å². The average Bonchev–Trinajstić information content (AvgIpc) is 2.30. The molecule has 3 nitrogen and oxygen atoms in total. The second kappa shape index (κ2) is 2.75. The summed E-state index contributed by atoms with van der Waals surface area (Å²) in [5.41, 5.74) is 2.42. The summed E-state index contributed by atoms with van der Waals surface area (Å²) in [6.45, 7) is 5.91. The van der Waals surface area contributed by atoms with Crippen LogP contribution in [0.3, 0.4) is 0 Å². The van der Waals surface area contributed by atoms with Gasteiger partial charge in [0.25, 0.3) is 0 Å². The second-order valence-corrected chi connectivity index (χ2v) is 2.88. The van der Waals surface area contributed by atoms with Gasteiger partial charge in [-0.05, 0) is 12.8 Å². The van der Waals surface area contributed by atoms with Gasteiger partial charge in [-0.1, -0.05) is 13.8 Å². The predicted molar refractivity (Wildman–Crippen MR) is 42.1 cm³/mol. The van der Waals surface area contributed by atoms with Crippen LogP contribution in [0.4, 0.5) is 0 Å². The van der Waals surface area contributed by atoms with Crippen LogP contribution in [-0.2, 0) is 0 Å². The third-order valence-electron chi connectivity index (χ3n) is 1.63. The van der Waals surface area contributed by atoms with Gasteiger partial charge in [-0.15, -0.1) is 0 Å². The number of aryl methyl sites for hydroxylation is 1. The molecule has 58 valence electrons. The molecule has 1 aromatic rings. The monoisotopic (exact) mass is 149 g/mol. The number of nitrogens with one attached hydrogen (secondary N) is 1. The Bertz CT molecular complexity index is 291. The summed E-state index contributed by atoms with van der Waals surface area (Å²) in [4.78, 5) is 0. The normalized spacial score (nSPS) is 10.1. The van der Waals surface area contributed by atoms with Crippen LogP contribution in [0.2, 0.25) is 0 Å². The molecule has 1 aromatic heterocycles. The Morgan fingerprint density at radius 3 is 2.55 bits per heavy atom. The van der Waals surface area contributed by atoms with E-state index < -0.39 is 0 Å². The highest BCUT2D eigenvalue weighted by Crippen LogP contribution is 2.17. The standard InChI is InChI=1S/C8H11N3/c1-5(2)8-7(4-9)6(3)10-11-8/h5H,1-3H3,(H,10,11). The number of hydrogen-bond acceptors (Lipinski definition) is 2. The maximum atomic E-state index is 8.73. The van der Waals surface area contributed by atoms with Crippen LogP contribution in [0, 0.1) is 18.3 Å². The Morgan fingerprint density at radius 2 is 2.18 bits per heavy atom. The van der Waals surface area contributed by atoms with Crippen LogP contribution in [0.5, 0.6) is 0 Å². The van der Waals surface area contributed by atoms with E-state index >= 15 is 0 Å². The molecular weight excluding hydrogens is 138 g/mol. The zero-order valence-electron chi connectivity index (χ0n) is 6.97. The molecule has 0 unspecified atom stereocenters. The minimum atomic E-state index is 0.314. The molecule has 1 N–H and O–H groups in total. The summed E-state index contributed by atoms with van der Waals surface area (Å²) >= 11 is 0. The molecule has 0 aliphatic carbocycles. The molecule has 1 heterocycles. The smallest absolute Gasteiger partial charge is 0.103 e. The van der Waals surface area contributed by atoms with Crippen molar-refractivity contribution >= 4 is 0 Å². The fourth-order valence-electron chi connectivity index (χ4n) is 1.01. The molecule has 0 spiro atoms. The van der Waals surface area contributed by atoms with E-state index in [4.69, 9.17) is 5.26 Å². The molecular formula is C8H11N3. The molecule has 0 aliphatic heterocycles. The van der Waals surface area contributed by atoms with E-state index in [0.717, 1.165) is 11.4 Å². The van der Waals surface area contributed by atoms with E-state index in [-0.39, 0.29) is 0 Å². The molecule has 0 aromatic carbocycles. The summed E-state index contributed by atoms with van der Waals surface area (Å²) in [5, 5.41) is 15.6. The van der Waals surface area contributed by atoms with Gasteiger partial charge in [-0.3, -0.25) is 5.10 Å². The molecule has 0 amide bonds. The summed E-state index contributed by atoms with van der Waals surface area (Å²) in [5.74, 6) is 0.314. The topological polar surface area (TPSA) is 52.5 Å². The molecule has 0 atom stereocenters. The summed E-state index contributed by atoms with van der Waals surface area (Å²) in [7, 11) is 0. The Morgan fingerprint density at radius 1 is 1.55 bits per heavy atom. The largest absolute Gasteiger partial charge is 0.281 e. The van der Waals surface area contributed by atoms with Crippen LogP contribution in [-0.4, -0.2) is 10.2 Å². The number of nitrogens with zero attached hydrogens (tertiary/aromatic N) is 2. The van der Waals surface area contributed by atoms with Crippen molar-refractivity contribution in [2.45, 2.75) is 26.7 Å². The number of H-pyrrole nitrogens is 1. The van der Waals surface area contributed by atoms with Crippen LogP contribution in [0.1, 0.15) is 36.7 Å². The van der Waals surface area contributed by atoms with E-state index in [1.54, 1.807) is 0 Å². The van der Waals surface area contributed by atoms with Crippen molar-refractivity contribution in [3.05, 3.63) is 17.0 Å². The van der Waals surface area contributed by atoms with Gasteiger partial charge in [0.05, 0.1) is 17.0 Å². The minimum absolute atomic E-state index is 0.314. The number of aromatic amines is 1. The molecule has 0 fully saturated rings. The molecule has 0 bridgehead atoms. The number of hydrogen-bond donors (Lipinski definition) is 1. The van der Waals surface area contributed by atoms with Crippen molar-refractivity contribution in [2.24, 2.45) is 0 Å². The lowest BCUT2D eigenvalue weighted by Gasteiger charge is -1.97. The lowest BCUT2D eigenvalue weighted by atomic mass is 10.1. The lowest BCUT2D eigenvalue weighted by molar-refractivity contribution is 0.807. The predicted octanol–water partition coefficient (Wildman–Crippen LogP) is 1.71. The molecule has 0 radical (unpaired) electrons. The molecule has 0 saturated heterocycles. The Hall–Kier alpha value is -1.30. The maximum absolute atomic E-state index is 8.73. The van der Waals surface area contributed by atoms with Crippen molar-refractivity contribution in [1.29, 1.82) is 5.26 Å². The van der Waals surface area contributed by atoms with Crippen LogP contribution < -0.4 is 0 Å². The SMILES string of the molecule is Cc1[nH]nc(C(C)C)c1C#N. The van der Waals surface area contributed by atoms with Crippen molar-refractivity contribution in [1.82, 2.24) is 10.2 Å². The number of aromatic nitrogens is 2. The van der Waals surface area contributed by atoms with Gasteiger partial charge in [0.1, 0.15) is 6.07 Å². The third-order valence-corrected chi connectivity index (χ3v) is 1.63. The van der Waals surface area contributed by atoms with Crippen molar-refractivity contribution < 1.29 is 0 Å². The van der Waals surface area contributed by atoms with E-state index in [9.17, 15) is 0 Å². The third kappa shape index (κ3) is 1.25. The molecule has 3 heteroatoms. The summed E-state index contributed by atoms with van der Waals surface area (Å²) in [6.07, 6.45) is 0. The van der Waals surface area contributed by atoms with E-state index in [1.165, 1.54) is 0 Å². The fraction of sp³-hybridized carbons (Fsp3) is 0.500. The highest BCUT2D eigenvalue weighted by Gasteiger charge is 2.11. The van der Waals surface area contributed by atoms with E-state index in [1.807, 2.05) is 20.8 Å². The average molecular weight is 149 g/mol. The first-order valence-corrected chi connectivity index (χ1v) is 3.61. The summed E-state index contributed by atoms with van der Waals surface area (Å²) in [6, 6.07) is 2.13. The van der Waals surface area contributed by atoms with Gasteiger partial charge >= 0.3 is 0 Å². The highest BCUT2D eigenvalue weighted by atomic mass is 15.1. The fourth-order valence-corrected chi connectivity index (χ4v) is 1.01. The maximum Gasteiger partial charge on any atom is 0.103 e. The van der Waals surface area contributed by atoms with Gasteiger partial charge in [0.15, 0.2) is 0 Å². The van der Waals surface area contributed by atoms with Gasteiger partial charge in [-0.2, -0.15) is 10.4 Å². The van der Waals surface area contributed by atoms with Gasteiger partial charge < -0.3 is 0 Å². The Kier molecular flexibility index (Phi) is 1.95. The zero-order chi connectivity index (χ0) is 8.43. The van der Waals surface area contributed by atoms with Crippen LogP contribution in [0.15, 0.2) is 0 Å². The lowest BCUT2D eigenvalue weighted by Crippen LogP contribution is -1.90. The first kappa shape index (κ1) is 7.80. The number of rotatable bonds is 1. The zero-order valence-corrected chi connectivity index (χ0v) is 6.97. The first-order valence-electron chi connectivity index (χ1n) is 3.61. The van der Waals surface area contributed by atoms with Gasteiger partial charge in [0, 0.05) is 0 Å². The number of nitriles is 1. The molecule has 0 aliphatic rings.